The number of hydrogen-bond acceptors (Lipinski definition) is 4. The molecule has 2 amide bonds. The van der Waals surface area contributed by atoms with Gasteiger partial charge in [0, 0.05) is 22.7 Å². The molecule has 0 radical (unpaired) electrons. The first-order valence-electron chi connectivity index (χ1n) is 7.98. The van der Waals surface area contributed by atoms with E-state index in [2.05, 4.69) is 5.32 Å². The molecule has 7 heteroatoms. The molecule has 0 aliphatic carbocycles. The zero-order valence-corrected chi connectivity index (χ0v) is 17.1. The smallest absolute Gasteiger partial charge is 0.244 e. The Morgan fingerprint density at radius 2 is 1.92 bits per heavy atom. The zero-order chi connectivity index (χ0) is 18.9. The predicted molar refractivity (Wildman–Crippen MR) is 112 cm³/mol. The minimum atomic E-state index is -0.206. The molecule has 26 heavy (non-hydrogen) atoms. The van der Waals surface area contributed by atoms with Crippen molar-refractivity contribution in [3.8, 4) is 0 Å². The molecule has 0 fully saturated rings. The number of nitrogens with one attached hydrogen (secondary N) is 1. The van der Waals surface area contributed by atoms with Crippen molar-refractivity contribution in [2.45, 2.75) is 10.6 Å². The Kier molecular flexibility index (Phi) is 8.35. The molecule has 4 nitrogen and oxygen atoms in total. The van der Waals surface area contributed by atoms with Gasteiger partial charge in [0.05, 0.1) is 18.0 Å². The van der Waals surface area contributed by atoms with Crippen molar-refractivity contribution in [3.05, 3.63) is 59.1 Å². The molecule has 2 rings (SSSR count). The van der Waals surface area contributed by atoms with Crippen LogP contribution in [0.15, 0.2) is 53.4 Å². The number of nitrogens with zero attached hydrogens (tertiary/aromatic N) is 1. The van der Waals surface area contributed by atoms with Crippen LogP contribution in [0.2, 0.25) is 5.02 Å². The first-order chi connectivity index (χ1) is 12.5. The monoisotopic (exact) mass is 408 g/mol. The van der Waals surface area contributed by atoms with Crippen LogP contribution < -0.4 is 5.32 Å². The number of benzene rings is 2. The third-order valence-corrected chi connectivity index (χ3v) is 5.59. The van der Waals surface area contributed by atoms with E-state index in [0.29, 0.717) is 16.5 Å². The van der Waals surface area contributed by atoms with Crippen LogP contribution >= 0.6 is 35.1 Å². The van der Waals surface area contributed by atoms with Crippen LogP contribution in [0.1, 0.15) is 5.56 Å². The van der Waals surface area contributed by atoms with Gasteiger partial charge in [0.15, 0.2) is 0 Å². The summed E-state index contributed by atoms with van der Waals surface area (Å²) in [6.07, 6.45) is 1.96. The van der Waals surface area contributed by atoms with Gasteiger partial charge in [-0.1, -0.05) is 35.9 Å². The molecule has 0 atom stereocenters. The summed E-state index contributed by atoms with van der Waals surface area (Å²) in [5, 5.41) is 3.55. The molecule has 1 N–H and O–H groups in total. The Bertz CT molecular complexity index is 771. The van der Waals surface area contributed by atoms with Crippen LogP contribution in [-0.2, 0) is 15.3 Å². The summed E-state index contributed by atoms with van der Waals surface area (Å²) in [5.41, 5.74) is 1.84. The van der Waals surface area contributed by atoms with E-state index in [1.54, 1.807) is 18.8 Å². The van der Waals surface area contributed by atoms with Gasteiger partial charge in [-0.15, -0.1) is 23.5 Å². The number of amides is 2. The normalized spacial score (nSPS) is 10.4. The molecular weight excluding hydrogens is 388 g/mol. The number of para-hydroxylation sites is 1. The Morgan fingerprint density at radius 3 is 2.65 bits per heavy atom. The second-order valence-electron chi connectivity index (χ2n) is 5.62. The summed E-state index contributed by atoms with van der Waals surface area (Å²) in [5.74, 6) is 0.734. The summed E-state index contributed by atoms with van der Waals surface area (Å²) in [7, 11) is 1.64. The number of rotatable bonds is 8. The average molecular weight is 409 g/mol. The van der Waals surface area contributed by atoms with Crippen LogP contribution in [0, 0.1) is 0 Å². The van der Waals surface area contributed by atoms with Crippen LogP contribution in [-0.4, -0.2) is 42.3 Å². The van der Waals surface area contributed by atoms with Crippen molar-refractivity contribution in [2.24, 2.45) is 0 Å². The van der Waals surface area contributed by atoms with Crippen molar-refractivity contribution >= 4 is 52.6 Å². The molecule has 0 heterocycles. The van der Waals surface area contributed by atoms with Gasteiger partial charge in [0.25, 0.3) is 0 Å². The number of carbonyl (C=O) groups excluding carboxylic acids is 2. The summed E-state index contributed by atoms with van der Waals surface area (Å²) in [6, 6.07) is 15.2. The molecule has 0 aliphatic heterocycles. The van der Waals surface area contributed by atoms with Gasteiger partial charge in [-0.2, -0.15) is 0 Å². The van der Waals surface area contributed by atoms with Crippen molar-refractivity contribution < 1.29 is 9.59 Å². The van der Waals surface area contributed by atoms with Gasteiger partial charge in [-0.3, -0.25) is 9.59 Å². The maximum atomic E-state index is 12.2. The molecular formula is C19H21ClN2O2S2. The highest BCUT2D eigenvalue weighted by Crippen LogP contribution is 2.24. The van der Waals surface area contributed by atoms with E-state index >= 15 is 0 Å². The largest absolute Gasteiger partial charge is 0.336 e. The summed E-state index contributed by atoms with van der Waals surface area (Å²) < 4.78 is 0. The van der Waals surface area contributed by atoms with Gasteiger partial charge in [0.2, 0.25) is 11.8 Å². The first-order valence-corrected chi connectivity index (χ1v) is 10.7. The standard InChI is InChI=1S/C19H21ClN2O2S2/c1-22(11-18(23)21-16-8-3-4-9-17(16)25-2)19(24)13-26-12-14-6-5-7-15(20)10-14/h3-10H,11-13H2,1-2H3,(H,21,23). The maximum absolute atomic E-state index is 12.2. The minimum absolute atomic E-state index is 0.0271. The molecule has 0 saturated carbocycles. The number of hydrogen-bond donors (Lipinski definition) is 1. The van der Waals surface area contributed by atoms with E-state index in [9.17, 15) is 9.59 Å². The third-order valence-electron chi connectivity index (χ3n) is 3.57. The van der Waals surface area contributed by atoms with Crippen LogP contribution in [0.25, 0.3) is 0 Å². The highest BCUT2D eigenvalue weighted by atomic mass is 35.5. The van der Waals surface area contributed by atoms with E-state index in [4.69, 9.17) is 11.6 Å². The Morgan fingerprint density at radius 1 is 1.15 bits per heavy atom. The molecule has 2 aromatic carbocycles. The highest BCUT2D eigenvalue weighted by molar-refractivity contribution is 7.99. The fourth-order valence-electron chi connectivity index (χ4n) is 2.23. The van der Waals surface area contributed by atoms with Crippen LogP contribution in [0.4, 0.5) is 5.69 Å². The molecule has 0 aliphatic rings. The second-order valence-corrected chi connectivity index (χ2v) is 7.89. The molecule has 0 aromatic heterocycles. The number of halogens is 1. The number of likely N-dealkylation sites (N-methyl/N-ethyl adjacent to an activating group) is 1. The Balaban J connectivity index is 1.78. The predicted octanol–water partition coefficient (Wildman–Crippen LogP) is 4.39. The van der Waals surface area contributed by atoms with E-state index in [-0.39, 0.29) is 18.4 Å². The van der Waals surface area contributed by atoms with Crippen molar-refractivity contribution in [1.82, 2.24) is 4.90 Å². The fourth-order valence-corrected chi connectivity index (χ4v) is 3.91. The molecule has 0 bridgehead atoms. The lowest BCUT2D eigenvalue weighted by molar-refractivity contribution is -0.131. The SMILES string of the molecule is CSc1ccccc1NC(=O)CN(C)C(=O)CSCc1cccc(Cl)c1. The average Bonchev–Trinajstić information content (AvgIpc) is 2.62. The van der Waals surface area contributed by atoms with Gasteiger partial charge in [0.1, 0.15) is 0 Å². The first kappa shape index (κ1) is 20.7. The Hall–Kier alpha value is -1.63. The number of carbonyl (C=O) groups is 2. The van der Waals surface area contributed by atoms with Gasteiger partial charge < -0.3 is 10.2 Å². The molecule has 138 valence electrons. The lowest BCUT2D eigenvalue weighted by Gasteiger charge is -2.17. The number of anilines is 1. The van der Waals surface area contributed by atoms with E-state index in [1.165, 1.54) is 16.7 Å². The van der Waals surface area contributed by atoms with E-state index in [1.807, 2.05) is 54.8 Å². The topological polar surface area (TPSA) is 49.4 Å². The number of thioether (sulfide) groups is 2. The van der Waals surface area contributed by atoms with Gasteiger partial charge in [-0.05, 0) is 36.1 Å². The second kappa shape index (κ2) is 10.5. The quantitative estimate of drug-likeness (QED) is 0.658. The molecule has 0 unspecified atom stereocenters. The highest BCUT2D eigenvalue weighted by Gasteiger charge is 2.14. The summed E-state index contributed by atoms with van der Waals surface area (Å²) >= 11 is 9.02. The van der Waals surface area contributed by atoms with Crippen LogP contribution in [0.3, 0.4) is 0 Å². The van der Waals surface area contributed by atoms with E-state index in [0.717, 1.165) is 16.1 Å². The van der Waals surface area contributed by atoms with Crippen molar-refractivity contribution in [2.75, 3.05) is 30.9 Å². The lowest BCUT2D eigenvalue weighted by Crippen LogP contribution is -2.36. The Labute approximate surface area is 167 Å². The van der Waals surface area contributed by atoms with Gasteiger partial charge in [-0.25, -0.2) is 0 Å². The molecule has 2 aromatic rings. The maximum Gasteiger partial charge on any atom is 0.244 e. The van der Waals surface area contributed by atoms with Crippen LogP contribution in [0.5, 0.6) is 0 Å². The fraction of sp³-hybridized carbons (Fsp3) is 0.263. The summed E-state index contributed by atoms with van der Waals surface area (Å²) in [6.45, 7) is 0.0271. The zero-order valence-electron chi connectivity index (χ0n) is 14.7. The minimum Gasteiger partial charge on any atom is -0.336 e. The van der Waals surface area contributed by atoms with Gasteiger partial charge >= 0.3 is 0 Å². The molecule has 0 spiro atoms. The van der Waals surface area contributed by atoms with Crippen molar-refractivity contribution in [3.63, 3.8) is 0 Å². The molecule has 0 saturated heterocycles. The van der Waals surface area contributed by atoms with Crippen molar-refractivity contribution in [1.29, 1.82) is 0 Å². The van der Waals surface area contributed by atoms with E-state index < -0.39 is 0 Å². The lowest BCUT2D eigenvalue weighted by atomic mass is 10.2. The third kappa shape index (κ3) is 6.59. The summed E-state index contributed by atoms with van der Waals surface area (Å²) in [4.78, 5) is 26.8.